The number of anilines is 1. The van der Waals surface area contributed by atoms with Gasteiger partial charge < -0.3 is 15.4 Å². The lowest BCUT2D eigenvalue weighted by Gasteiger charge is -2.15. The predicted molar refractivity (Wildman–Crippen MR) is 101 cm³/mol. The number of carbonyl (C=O) groups is 1. The zero-order valence-electron chi connectivity index (χ0n) is 15.1. The normalized spacial score (nSPS) is 10.5. The summed E-state index contributed by atoms with van der Waals surface area (Å²) >= 11 is 0. The second kappa shape index (κ2) is 8.84. The van der Waals surface area contributed by atoms with Crippen molar-refractivity contribution in [2.75, 3.05) is 5.32 Å². The molecule has 0 atom stereocenters. The smallest absolute Gasteiger partial charge is 0.319 e. The number of hydrogen-bond donors (Lipinski definition) is 2. The van der Waals surface area contributed by atoms with Crippen molar-refractivity contribution in [1.29, 1.82) is 0 Å². The van der Waals surface area contributed by atoms with E-state index in [0.717, 1.165) is 12.8 Å². The van der Waals surface area contributed by atoms with Gasteiger partial charge in [0.2, 0.25) is 0 Å². The van der Waals surface area contributed by atoms with Crippen molar-refractivity contribution in [1.82, 2.24) is 5.32 Å². The zero-order chi connectivity index (χ0) is 19.1. The molecule has 0 aromatic heterocycles. The Morgan fingerprint density at radius 1 is 1.15 bits per heavy atom. The van der Waals surface area contributed by atoms with Crippen LogP contribution in [0.5, 0.6) is 11.5 Å². The Morgan fingerprint density at radius 3 is 2.35 bits per heavy atom. The molecule has 0 saturated carbocycles. The summed E-state index contributed by atoms with van der Waals surface area (Å²) < 4.78 is 5.75. The monoisotopic (exact) mass is 357 g/mol. The van der Waals surface area contributed by atoms with Crippen LogP contribution in [0.4, 0.5) is 16.2 Å². The molecule has 7 heteroatoms. The van der Waals surface area contributed by atoms with Crippen molar-refractivity contribution in [2.45, 2.75) is 39.7 Å². The molecule has 0 saturated heterocycles. The Kier molecular flexibility index (Phi) is 6.54. The number of nitro groups is 1. The molecule has 0 spiro atoms. The van der Waals surface area contributed by atoms with Crippen LogP contribution in [0.3, 0.4) is 0 Å². The molecule has 2 amide bonds. The molecule has 0 heterocycles. The third-order valence-corrected chi connectivity index (χ3v) is 4.03. The second-order valence-electron chi connectivity index (χ2n) is 5.95. The van der Waals surface area contributed by atoms with Gasteiger partial charge in [-0.1, -0.05) is 13.8 Å². The fraction of sp³-hybridized carbons (Fsp3) is 0.316. The van der Waals surface area contributed by atoms with Gasteiger partial charge in [0.05, 0.1) is 4.92 Å². The van der Waals surface area contributed by atoms with Crippen LogP contribution in [-0.4, -0.2) is 17.0 Å². The number of amides is 2. The summed E-state index contributed by atoms with van der Waals surface area (Å²) in [6, 6.07) is 11.3. The number of ether oxygens (including phenoxy) is 1. The minimum Gasteiger partial charge on any atom is -0.457 e. The standard InChI is InChI=1S/C19H23N3O4/c1-4-14(5-2)20-19(23)21-15-6-9-17(10-7-15)26-18-11-8-16(22(24)25)12-13(18)3/h6-12,14H,4-5H2,1-3H3,(H2,20,21,23). The quantitative estimate of drug-likeness (QED) is 0.538. The highest BCUT2D eigenvalue weighted by molar-refractivity contribution is 5.89. The van der Waals surface area contributed by atoms with Crippen LogP contribution in [0.1, 0.15) is 32.3 Å². The highest BCUT2D eigenvalue weighted by atomic mass is 16.6. The zero-order valence-corrected chi connectivity index (χ0v) is 15.1. The van der Waals surface area contributed by atoms with Gasteiger partial charge in [-0.05, 0) is 55.7 Å². The van der Waals surface area contributed by atoms with Gasteiger partial charge in [0.15, 0.2) is 0 Å². The average molecular weight is 357 g/mol. The van der Waals surface area contributed by atoms with Crippen LogP contribution in [-0.2, 0) is 0 Å². The van der Waals surface area contributed by atoms with Crippen LogP contribution in [0.15, 0.2) is 42.5 Å². The number of urea groups is 1. The number of hydrogen-bond acceptors (Lipinski definition) is 4. The Hall–Kier alpha value is -3.09. The van der Waals surface area contributed by atoms with E-state index in [2.05, 4.69) is 10.6 Å². The number of nitro benzene ring substituents is 1. The Bertz CT molecular complexity index is 771. The molecule has 7 nitrogen and oxygen atoms in total. The van der Waals surface area contributed by atoms with Crippen LogP contribution >= 0.6 is 0 Å². The maximum Gasteiger partial charge on any atom is 0.319 e. The summed E-state index contributed by atoms with van der Waals surface area (Å²) in [7, 11) is 0. The van der Waals surface area contributed by atoms with E-state index in [1.165, 1.54) is 12.1 Å². The van der Waals surface area contributed by atoms with Crippen molar-refractivity contribution in [2.24, 2.45) is 0 Å². The van der Waals surface area contributed by atoms with Crippen LogP contribution < -0.4 is 15.4 Å². The lowest BCUT2D eigenvalue weighted by atomic mass is 10.2. The van der Waals surface area contributed by atoms with E-state index in [-0.39, 0.29) is 17.8 Å². The average Bonchev–Trinajstić information content (AvgIpc) is 2.62. The lowest BCUT2D eigenvalue weighted by Crippen LogP contribution is -2.37. The van der Waals surface area contributed by atoms with Crippen LogP contribution in [0, 0.1) is 17.0 Å². The largest absolute Gasteiger partial charge is 0.457 e. The van der Waals surface area contributed by atoms with Gasteiger partial charge in [0, 0.05) is 23.9 Å². The molecule has 0 bridgehead atoms. The van der Waals surface area contributed by atoms with Gasteiger partial charge in [-0.3, -0.25) is 10.1 Å². The SMILES string of the molecule is CCC(CC)NC(=O)Nc1ccc(Oc2ccc([N+](=O)[O-])cc2C)cc1. The van der Waals surface area contributed by atoms with Crippen molar-refractivity contribution in [3.05, 3.63) is 58.1 Å². The van der Waals surface area contributed by atoms with E-state index in [0.29, 0.717) is 22.7 Å². The topological polar surface area (TPSA) is 93.5 Å². The van der Waals surface area contributed by atoms with Gasteiger partial charge >= 0.3 is 6.03 Å². The number of nitrogens with zero attached hydrogens (tertiary/aromatic N) is 1. The summed E-state index contributed by atoms with van der Waals surface area (Å²) in [6.45, 7) is 5.81. The first-order valence-electron chi connectivity index (χ1n) is 8.53. The molecule has 0 fully saturated rings. The molecular formula is C19H23N3O4. The predicted octanol–water partition coefficient (Wildman–Crippen LogP) is 5.01. The van der Waals surface area contributed by atoms with Gasteiger partial charge in [-0.15, -0.1) is 0 Å². The van der Waals surface area contributed by atoms with Crippen molar-refractivity contribution in [3.8, 4) is 11.5 Å². The fourth-order valence-corrected chi connectivity index (χ4v) is 2.44. The molecule has 0 aliphatic rings. The van der Waals surface area contributed by atoms with E-state index in [9.17, 15) is 14.9 Å². The van der Waals surface area contributed by atoms with Gasteiger partial charge in [0.25, 0.3) is 5.69 Å². The summed E-state index contributed by atoms with van der Waals surface area (Å²) in [5.74, 6) is 1.12. The molecule has 2 aromatic rings. The summed E-state index contributed by atoms with van der Waals surface area (Å²) in [4.78, 5) is 22.3. The molecule has 0 aliphatic carbocycles. The molecule has 2 rings (SSSR count). The molecule has 0 aliphatic heterocycles. The van der Waals surface area contributed by atoms with Crippen molar-refractivity contribution in [3.63, 3.8) is 0 Å². The number of aryl methyl sites for hydroxylation is 1. The van der Waals surface area contributed by atoms with Crippen molar-refractivity contribution < 1.29 is 14.5 Å². The minimum atomic E-state index is -0.441. The van der Waals surface area contributed by atoms with E-state index >= 15 is 0 Å². The maximum absolute atomic E-state index is 11.9. The van der Waals surface area contributed by atoms with Gasteiger partial charge in [-0.2, -0.15) is 0 Å². The third kappa shape index (κ3) is 5.20. The highest BCUT2D eigenvalue weighted by Gasteiger charge is 2.10. The van der Waals surface area contributed by atoms with E-state index in [1.807, 2.05) is 13.8 Å². The van der Waals surface area contributed by atoms with E-state index < -0.39 is 4.92 Å². The van der Waals surface area contributed by atoms with E-state index in [4.69, 9.17) is 4.74 Å². The number of rotatable bonds is 7. The first-order valence-corrected chi connectivity index (χ1v) is 8.53. The Labute approximate surface area is 152 Å². The van der Waals surface area contributed by atoms with Crippen LogP contribution in [0.25, 0.3) is 0 Å². The number of non-ortho nitro benzene ring substituents is 1. The molecule has 0 radical (unpaired) electrons. The number of benzene rings is 2. The second-order valence-corrected chi connectivity index (χ2v) is 5.95. The fourth-order valence-electron chi connectivity index (χ4n) is 2.44. The Balaban J connectivity index is 1.99. The number of nitrogens with one attached hydrogen (secondary N) is 2. The molecule has 138 valence electrons. The molecule has 2 aromatic carbocycles. The van der Waals surface area contributed by atoms with E-state index in [1.54, 1.807) is 37.3 Å². The summed E-state index contributed by atoms with van der Waals surface area (Å²) in [5, 5.41) is 16.5. The maximum atomic E-state index is 11.9. The summed E-state index contributed by atoms with van der Waals surface area (Å²) in [5.41, 5.74) is 1.35. The molecule has 2 N–H and O–H groups in total. The van der Waals surface area contributed by atoms with Crippen molar-refractivity contribution >= 4 is 17.4 Å². The third-order valence-electron chi connectivity index (χ3n) is 4.03. The number of carbonyl (C=O) groups excluding carboxylic acids is 1. The first kappa shape index (κ1) is 19.2. The minimum absolute atomic E-state index is 0.0258. The lowest BCUT2D eigenvalue weighted by molar-refractivity contribution is -0.384. The Morgan fingerprint density at radius 2 is 1.81 bits per heavy atom. The first-order chi connectivity index (χ1) is 12.4. The van der Waals surface area contributed by atoms with Gasteiger partial charge in [-0.25, -0.2) is 4.79 Å². The van der Waals surface area contributed by atoms with Crippen LogP contribution in [0.2, 0.25) is 0 Å². The highest BCUT2D eigenvalue weighted by Crippen LogP contribution is 2.28. The molecular weight excluding hydrogens is 334 g/mol. The molecule has 0 unspecified atom stereocenters. The van der Waals surface area contributed by atoms with Gasteiger partial charge in [0.1, 0.15) is 11.5 Å². The molecule has 26 heavy (non-hydrogen) atoms. The summed E-state index contributed by atoms with van der Waals surface area (Å²) in [6.07, 6.45) is 1.76.